The van der Waals surface area contributed by atoms with Crippen LogP contribution in [0.15, 0.2) is 18.2 Å². The fraction of sp³-hybridized carbons (Fsp3) is 0.385. The molecule has 1 amide bonds. The molecule has 0 aromatic heterocycles. The predicted molar refractivity (Wildman–Crippen MR) is 70.0 cm³/mol. The molecule has 0 saturated carbocycles. The number of carbonyl (C=O) groups excluding carboxylic acids is 1. The summed E-state index contributed by atoms with van der Waals surface area (Å²) >= 11 is 5.87. The Labute approximate surface area is 111 Å². The van der Waals surface area contributed by atoms with E-state index in [0.29, 0.717) is 17.0 Å². The molecule has 0 aliphatic rings. The zero-order chi connectivity index (χ0) is 13.9. The molecule has 4 nitrogen and oxygen atoms in total. The van der Waals surface area contributed by atoms with Crippen molar-refractivity contribution in [3.8, 4) is 0 Å². The van der Waals surface area contributed by atoms with Gasteiger partial charge in [-0.3, -0.25) is 4.79 Å². The van der Waals surface area contributed by atoms with Gasteiger partial charge in [0.15, 0.2) is 0 Å². The van der Waals surface area contributed by atoms with Crippen molar-refractivity contribution in [2.75, 3.05) is 0 Å². The lowest BCUT2D eigenvalue weighted by Crippen LogP contribution is -2.51. The molecule has 0 radical (unpaired) electrons. The number of benzene rings is 1. The number of carbonyl (C=O) groups is 2. The summed E-state index contributed by atoms with van der Waals surface area (Å²) < 4.78 is 0. The number of carboxylic acid groups (broad SMARTS) is 1. The first-order valence-electron chi connectivity index (χ1n) is 5.61. The van der Waals surface area contributed by atoms with E-state index in [0.717, 1.165) is 5.56 Å². The minimum Gasteiger partial charge on any atom is -0.480 e. The van der Waals surface area contributed by atoms with Crippen LogP contribution in [-0.4, -0.2) is 22.5 Å². The third kappa shape index (κ3) is 3.23. The van der Waals surface area contributed by atoms with Crippen LogP contribution in [0.4, 0.5) is 0 Å². The van der Waals surface area contributed by atoms with Crippen molar-refractivity contribution in [1.29, 1.82) is 0 Å². The second-order valence-corrected chi connectivity index (χ2v) is 4.90. The van der Waals surface area contributed by atoms with Gasteiger partial charge in [0.2, 0.25) is 0 Å². The number of halogens is 1. The van der Waals surface area contributed by atoms with Crippen molar-refractivity contribution >= 4 is 23.5 Å². The highest BCUT2D eigenvalue weighted by Gasteiger charge is 2.33. The van der Waals surface area contributed by atoms with Crippen LogP contribution in [0, 0.1) is 6.92 Å². The largest absolute Gasteiger partial charge is 0.480 e. The molecule has 0 aliphatic heterocycles. The highest BCUT2D eigenvalue weighted by Crippen LogP contribution is 2.16. The van der Waals surface area contributed by atoms with Gasteiger partial charge in [-0.2, -0.15) is 0 Å². The van der Waals surface area contributed by atoms with Gasteiger partial charge in [0.05, 0.1) is 0 Å². The van der Waals surface area contributed by atoms with E-state index < -0.39 is 17.4 Å². The molecule has 0 saturated heterocycles. The van der Waals surface area contributed by atoms with Crippen LogP contribution in [0.25, 0.3) is 0 Å². The molecule has 5 heteroatoms. The molecule has 0 spiro atoms. The lowest BCUT2D eigenvalue weighted by molar-refractivity contribution is -0.143. The summed E-state index contributed by atoms with van der Waals surface area (Å²) in [5.74, 6) is -1.50. The molecule has 1 atom stereocenters. The Kier molecular flexibility index (Phi) is 4.35. The topological polar surface area (TPSA) is 66.4 Å². The third-order valence-corrected chi connectivity index (χ3v) is 3.09. The van der Waals surface area contributed by atoms with Crippen LogP contribution < -0.4 is 5.32 Å². The smallest absolute Gasteiger partial charge is 0.329 e. The van der Waals surface area contributed by atoms with E-state index in [-0.39, 0.29) is 0 Å². The molecule has 1 aromatic carbocycles. The minimum atomic E-state index is -1.27. The third-order valence-electron chi connectivity index (χ3n) is 2.87. The maximum atomic E-state index is 12.0. The number of rotatable bonds is 4. The van der Waals surface area contributed by atoms with Gasteiger partial charge < -0.3 is 10.4 Å². The van der Waals surface area contributed by atoms with Gasteiger partial charge >= 0.3 is 5.97 Å². The van der Waals surface area contributed by atoms with Gasteiger partial charge in [0.25, 0.3) is 5.91 Å². The summed E-state index contributed by atoms with van der Waals surface area (Å²) in [6.45, 7) is 5.00. The molecule has 0 bridgehead atoms. The van der Waals surface area contributed by atoms with E-state index in [9.17, 15) is 9.59 Å². The van der Waals surface area contributed by atoms with Gasteiger partial charge in [0, 0.05) is 10.6 Å². The van der Waals surface area contributed by atoms with Crippen molar-refractivity contribution in [2.24, 2.45) is 0 Å². The number of amides is 1. The maximum absolute atomic E-state index is 12.0. The monoisotopic (exact) mass is 269 g/mol. The standard InChI is InChI=1S/C13H16ClNO3/c1-4-13(3,12(17)18)15-11(16)9-5-8(2)6-10(14)7-9/h5-7H,4H2,1-3H3,(H,15,16)(H,17,18). The van der Waals surface area contributed by atoms with Gasteiger partial charge in [-0.25, -0.2) is 4.79 Å². The highest BCUT2D eigenvalue weighted by atomic mass is 35.5. The fourth-order valence-electron chi connectivity index (χ4n) is 1.48. The average molecular weight is 270 g/mol. The second kappa shape index (κ2) is 5.40. The van der Waals surface area contributed by atoms with Crippen LogP contribution in [0.2, 0.25) is 5.02 Å². The van der Waals surface area contributed by atoms with Crippen LogP contribution in [-0.2, 0) is 4.79 Å². The van der Waals surface area contributed by atoms with Crippen LogP contribution in [0.3, 0.4) is 0 Å². The summed E-state index contributed by atoms with van der Waals surface area (Å²) in [4.78, 5) is 23.1. The molecule has 0 fully saturated rings. The molecule has 1 aromatic rings. The van der Waals surface area contributed by atoms with E-state index in [2.05, 4.69) is 5.32 Å². The molecule has 18 heavy (non-hydrogen) atoms. The Bertz CT molecular complexity index is 467. The van der Waals surface area contributed by atoms with Crippen molar-refractivity contribution in [3.05, 3.63) is 34.3 Å². The predicted octanol–water partition coefficient (Wildman–Crippen LogP) is 2.63. The lowest BCUT2D eigenvalue weighted by atomic mass is 9.98. The Hall–Kier alpha value is -1.55. The Morgan fingerprint density at radius 2 is 2.00 bits per heavy atom. The van der Waals surface area contributed by atoms with Crippen LogP contribution in [0.1, 0.15) is 36.2 Å². The summed E-state index contributed by atoms with van der Waals surface area (Å²) in [7, 11) is 0. The molecular formula is C13H16ClNO3. The van der Waals surface area contributed by atoms with Gasteiger partial charge in [0.1, 0.15) is 5.54 Å². The number of aryl methyl sites for hydroxylation is 1. The van der Waals surface area contributed by atoms with E-state index in [1.165, 1.54) is 13.0 Å². The van der Waals surface area contributed by atoms with E-state index >= 15 is 0 Å². The Morgan fingerprint density at radius 3 is 2.44 bits per heavy atom. The molecule has 0 aliphatic carbocycles. The summed E-state index contributed by atoms with van der Waals surface area (Å²) in [5.41, 5.74) is -0.0603. The van der Waals surface area contributed by atoms with Crippen molar-refractivity contribution in [2.45, 2.75) is 32.7 Å². The van der Waals surface area contributed by atoms with Crippen LogP contribution >= 0.6 is 11.6 Å². The van der Waals surface area contributed by atoms with E-state index in [4.69, 9.17) is 16.7 Å². The van der Waals surface area contributed by atoms with Gasteiger partial charge in [-0.1, -0.05) is 18.5 Å². The highest BCUT2D eigenvalue weighted by molar-refractivity contribution is 6.31. The lowest BCUT2D eigenvalue weighted by Gasteiger charge is -2.24. The van der Waals surface area contributed by atoms with Gasteiger partial charge in [-0.15, -0.1) is 0 Å². The molecule has 1 rings (SSSR count). The van der Waals surface area contributed by atoms with Crippen molar-refractivity contribution < 1.29 is 14.7 Å². The number of aliphatic carboxylic acids is 1. The Balaban J connectivity index is 2.98. The Morgan fingerprint density at radius 1 is 1.39 bits per heavy atom. The molecule has 2 N–H and O–H groups in total. The number of nitrogens with one attached hydrogen (secondary N) is 1. The molecule has 1 unspecified atom stereocenters. The zero-order valence-corrected chi connectivity index (χ0v) is 11.3. The van der Waals surface area contributed by atoms with Gasteiger partial charge in [-0.05, 0) is 44.0 Å². The normalized spacial score (nSPS) is 13.8. The molecule has 0 heterocycles. The first-order valence-corrected chi connectivity index (χ1v) is 5.99. The summed E-state index contributed by atoms with van der Waals surface area (Å²) in [5, 5.41) is 12.1. The first kappa shape index (κ1) is 14.5. The number of hydrogen-bond donors (Lipinski definition) is 2. The second-order valence-electron chi connectivity index (χ2n) is 4.46. The molecular weight excluding hydrogens is 254 g/mol. The van der Waals surface area contributed by atoms with E-state index in [1.54, 1.807) is 19.1 Å². The molecule has 98 valence electrons. The summed E-state index contributed by atoms with van der Waals surface area (Å²) in [6.07, 6.45) is 0.299. The first-order chi connectivity index (χ1) is 8.28. The number of carboxylic acids is 1. The van der Waals surface area contributed by atoms with E-state index in [1.807, 2.05) is 6.92 Å². The number of hydrogen-bond acceptors (Lipinski definition) is 2. The zero-order valence-electron chi connectivity index (χ0n) is 10.6. The SMILES string of the molecule is CCC(C)(NC(=O)c1cc(C)cc(Cl)c1)C(=O)O. The fourth-order valence-corrected chi connectivity index (χ4v) is 1.77. The van der Waals surface area contributed by atoms with Crippen molar-refractivity contribution in [3.63, 3.8) is 0 Å². The minimum absolute atomic E-state index is 0.299. The van der Waals surface area contributed by atoms with Crippen LogP contribution in [0.5, 0.6) is 0 Å². The maximum Gasteiger partial charge on any atom is 0.329 e. The summed E-state index contributed by atoms with van der Waals surface area (Å²) in [6, 6.07) is 4.91. The average Bonchev–Trinajstić information content (AvgIpc) is 2.27. The van der Waals surface area contributed by atoms with Crippen molar-refractivity contribution in [1.82, 2.24) is 5.32 Å². The quantitative estimate of drug-likeness (QED) is 0.883.